The standard InChI is InChI=1S/C13H16F3N3O2/c1-8-4-9(6-17)7-18(8)11-3-2-10(13(14,15)16)5-12(11)19(20)21/h2-3,5,8-9H,4,6-7,17H2,1H3. The number of nitrogens with two attached hydrogens (primary N) is 1. The molecule has 1 aromatic carbocycles. The van der Waals surface area contributed by atoms with Gasteiger partial charge < -0.3 is 10.6 Å². The van der Waals surface area contributed by atoms with Crippen molar-refractivity contribution in [3.05, 3.63) is 33.9 Å². The Labute approximate surface area is 119 Å². The van der Waals surface area contributed by atoms with Crippen LogP contribution in [0.4, 0.5) is 24.5 Å². The molecule has 2 atom stereocenters. The molecule has 1 aromatic rings. The van der Waals surface area contributed by atoms with Crippen LogP contribution in [-0.2, 0) is 6.18 Å². The lowest BCUT2D eigenvalue weighted by Crippen LogP contribution is -2.28. The van der Waals surface area contributed by atoms with Crippen molar-refractivity contribution in [2.24, 2.45) is 11.7 Å². The lowest BCUT2D eigenvalue weighted by atomic mass is 10.1. The van der Waals surface area contributed by atoms with E-state index in [4.69, 9.17) is 5.73 Å². The molecule has 2 N–H and O–H groups in total. The van der Waals surface area contributed by atoms with Gasteiger partial charge in [0.1, 0.15) is 5.69 Å². The third-order valence-corrected chi connectivity index (χ3v) is 3.80. The summed E-state index contributed by atoms with van der Waals surface area (Å²) in [7, 11) is 0. The summed E-state index contributed by atoms with van der Waals surface area (Å²) < 4.78 is 38.0. The Balaban J connectivity index is 2.42. The van der Waals surface area contributed by atoms with Crippen LogP contribution < -0.4 is 10.6 Å². The molecule has 5 nitrogen and oxygen atoms in total. The van der Waals surface area contributed by atoms with E-state index < -0.39 is 22.4 Å². The first kappa shape index (κ1) is 15.6. The second-order valence-electron chi connectivity index (χ2n) is 5.30. The molecule has 1 aliphatic heterocycles. The third kappa shape index (κ3) is 3.10. The van der Waals surface area contributed by atoms with Gasteiger partial charge in [0, 0.05) is 18.7 Å². The molecule has 1 heterocycles. The van der Waals surface area contributed by atoms with E-state index in [9.17, 15) is 23.3 Å². The average Bonchev–Trinajstić information content (AvgIpc) is 2.78. The number of nitro groups is 1. The van der Waals surface area contributed by atoms with Crippen LogP contribution in [0.25, 0.3) is 0 Å². The highest BCUT2D eigenvalue weighted by Gasteiger charge is 2.36. The SMILES string of the molecule is CC1CC(CN)CN1c1ccc(C(F)(F)F)cc1[N+](=O)[O-]. The van der Waals surface area contributed by atoms with Gasteiger partial charge in [-0.25, -0.2) is 0 Å². The van der Waals surface area contributed by atoms with Gasteiger partial charge in [0.2, 0.25) is 0 Å². The zero-order valence-corrected chi connectivity index (χ0v) is 11.4. The third-order valence-electron chi connectivity index (χ3n) is 3.80. The number of rotatable bonds is 3. The highest BCUT2D eigenvalue weighted by molar-refractivity contribution is 5.65. The molecule has 2 rings (SSSR count). The van der Waals surface area contributed by atoms with E-state index in [2.05, 4.69) is 0 Å². The maximum absolute atomic E-state index is 12.7. The minimum atomic E-state index is -4.60. The fourth-order valence-electron chi connectivity index (χ4n) is 2.74. The van der Waals surface area contributed by atoms with Crippen molar-refractivity contribution in [1.82, 2.24) is 0 Å². The van der Waals surface area contributed by atoms with Gasteiger partial charge in [-0.1, -0.05) is 0 Å². The predicted molar refractivity (Wildman–Crippen MR) is 72.1 cm³/mol. The molecule has 116 valence electrons. The zero-order valence-electron chi connectivity index (χ0n) is 11.4. The van der Waals surface area contributed by atoms with E-state index in [1.165, 1.54) is 6.07 Å². The molecule has 0 spiro atoms. The quantitative estimate of drug-likeness (QED) is 0.688. The molecule has 0 amide bonds. The minimum Gasteiger partial charge on any atom is -0.363 e. The molecular formula is C13H16F3N3O2. The molecule has 21 heavy (non-hydrogen) atoms. The molecule has 0 aliphatic carbocycles. The van der Waals surface area contributed by atoms with Crippen LogP contribution in [0.15, 0.2) is 18.2 Å². The first-order valence-corrected chi connectivity index (χ1v) is 6.56. The van der Waals surface area contributed by atoms with Crippen LogP contribution in [-0.4, -0.2) is 24.1 Å². The van der Waals surface area contributed by atoms with E-state index in [0.717, 1.165) is 12.5 Å². The Bertz CT molecular complexity index is 548. The fourth-order valence-corrected chi connectivity index (χ4v) is 2.74. The second-order valence-corrected chi connectivity index (χ2v) is 5.30. The van der Waals surface area contributed by atoms with Crippen molar-refractivity contribution in [2.45, 2.75) is 25.6 Å². The number of nitrogens with zero attached hydrogens (tertiary/aromatic N) is 2. The Hall–Kier alpha value is -1.83. The highest BCUT2D eigenvalue weighted by atomic mass is 19.4. The summed E-state index contributed by atoms with van der Waals surface area (Å²) in [5.41, 5.74) is 4.29. The lowest BCUT2D eigenvalue weighted by Gasteiger charge is -2.24. The number of halogens is 3. The van der Waals surface area contributed by atoms with Crippen molar-refractivity contribution in [1.29, 1.82) is 0 Å². The fraction of sp³-hybridized carbons (Fsp3) is 0.538. The van der Waals surface area contributed by atoms with E-state index >= 15 is 0 Å². The van der Waals surface area contributed by atoms with Gasteiger partial charge in [0.15, 0.2) is 0 Å². The van der Waals surface area contributed by atoms with Crippen molar-refractivity contribution >= 4 is 11.4 Å². The highest BCUT2D eigenvalue weighted by Crippen LogP contribution is 2.39. The summed E-state index contributed by atoms with van der Waals surface area (Å²) in [6.07, 6.45) is -3.83. The Morgan fingerprint density at radius 2 is 2.14 bits per heavy atom. The monoisotopic (exact) mass is 303 g/mol. The van der Waals surface area contributed by atoms with Gasteiger partial charge in [-0.05, 0) is 37.9 Å². The zero-order chi connectivity index (χ0) is 15.8. The summed E-state index contributed by atoms with van der Waals surface area (Å²) in [4.78, 5) is 12.1. The molecule has 1 fully saturated rings. The first-order chi connectivity index (χ1) is 9.74. The number of hydrogen-bond acceptors (Lipinski definition) is 4. The van der Waals surface area contributed by atoms with Gasteiger partial charge in [-0.2, -0.15) is 13.2 Å². The summed E-state index contributed by atoms with van der Waals surface area (Å²) in [6, 6.07) is 2.66. The van der Waals surface area contributed by atoms with Crippen molar-refractivity contribution in [2.75, 3.05) is 18.0 Å². The molecule has 0 saturated carbocycles. The smallest absolute Gasteiger partial charge is 0.363 e. The van der Waals surface area contributed by atoms with Gasteiger partial charge >= 0.3 is 6.18 Å². The maximum Gasteiger partial charge on any atom is 0.416 e. The van der Waals surface area contributed by atoms with E-state index in [0.29, 0.717) is 19.2 Å². The Kier molecular flexibility index (Phi) is 4.08. The lowest BCUT2D eigenvalue weighted by molar-refractivity contribution is -0.384. The Morgan fingerprint density at radius 1 is 1.48 bits per heavy atom. The topological polar surface area (TPSA) is 72.4 Å². The van der Waals surface area contributed by atoms with Crippen LogP contribution in [0.5, 0.6) is 0 Å². The second kappa shape index (κ2) is 5.51. The van der Waals surface area contributed by atoms with Crippen LogP contribution in [0.3, 0.4) is 0 Å². The molecule has 0 aromatic heterocycles. The van der Waals surface area contributed by atoms with Crippen LogP contribution in [0, 0.1) is 16.0 Å². The normalized spacial score (nSPS) is 22.6. The van der Waals surface area contributed by atoms with Gasteiger partial charge in [-0.3, -0.25) is 10.1 Å². The molecule has 8 heteroatoms. The predicted octanol–water partition coefficient (Wildman–Crippen LogP) is 2.79. The molecule has 2 unspecified atom stereocenters. The first-order valence-electron chi connectivity index (χ1n) is 6.56. The number of hydrogen-bond donors (Lipinski definition) is 1. The van der Waals surface area contributed by atoms with Gasteiger partial charge in [-0.15, -0.1) is 0 Å². The minimum absolute atomic E-state index is 0.00832. The molecule has 0 bridgehead atoms. The van der Waals surface area contributed by atoms with Gasteiger partial charge in [0.25, 0.3) is 5.69 Å². The largest absolute Gasteiger partial charge is 0.416 e. The molecule has 0 radical (unpaired) electrons. The number of benzene rings is 1. The number of alkyl halides is 3. The maximum atomic E-state index is 12.7. The molecule has 1 aliphatic rings. The van der Waals surface area contributed by atoms with Crippen molar-refractivity contribution in [3.8, 4) is 0 Å². The van der Waals surface area contributed by atoms with E-state index in [-0.39, 0.29) is 17.6 Å². The summed E-state index contributed by atoms with van der Waals surface area (Å²) in [5, 5.41) is 11.1. The van der Waals surface area contributed by atoms with E-state index in [1.54, 1.807) is 4.90 Å². The molecular weight excluding hydrogens is 287 g/mol. The van der Waals surface area contributed by atoms with Crippen LogP contribution in [0.1, 0.15) is 18.9 Å². The van der Waals surface area contributed by atoms with E-state index in [1.807, 2.05) is 6.92 Å². The van der Waals surface area contributed by atoms with Crippen molar-refractivity contribution < 1.29 is 18.1 Å². The van der Waals surface area contributed by atoms with Gasteiger partial charge in [0.05, 0.1) is 10.5 Å². The average molecular weight is 303 g/mol. The summed E-state index contributed by atoms with van der Waals surface area (Å²) in [5.74, 6) is 0.196. The summed E-state index contributed by atoms with van der Waals surface area (Å²) >= 11 is 0. The molecule has 1 saturated heterocycles. The summed E-state index contributed by atoms with van der Waals surface area (Å²) in [6.45, 7) is 2.86. The van der Waals surface area contributed by atoms with Crippen LogP contribution >= 0.6 is 0 Å². The van der Waals surface area contributed by atoms with Crippen LogP contribution in [0.2, 0.25) is 0 Å². The number of nitro benzene ring substituents is 1. The van der Waals surface area contributed by atoms with Crippen molar-refractivity contribution in [3.63, 3.8) is 0 Å². The number of anilines is 1. The Morgan fingerprint density at radius 3 is 2.62 bits per heavy atom.